The first kappa shape index (κ1) is 9.21. The van der Waals surface area contributed by atoms with Gasteiger partial charge >= 0.3 is 0 Å². The number of hydrogen-bond donors (Lipinski definition) is 2. The van der Waals surface area contributed by atoms with Gasteiger partial charge in [0.25, 0.3) is 0 Å². The zero-order valence-electron chi connectivity index (χ0n) is 8.54. The van der Waals surface area contributed by atoms with Gasteiger partial charge in [-0.2, -0.15) is 0 Å². The van der Waals surface area contributed by atoms with Crippen LogP contribution in [0.25, 0.3) is 0 Å². The molecular formula is C11H15N3. The van der Waals surface area contributed by atoms with Crippen LogP contribution in [-0.2, 0) is 6.42 Å². The molecule has 1 aliphatic rings. The van der Waals surface area contributed by atoms with E-state index in [0.717, 1.165) is 17.8 Å². The Labute approximate surface area is 84.0 Å². The van der Waals surface area contributed by atoms with E-state index < -0.39 is 0 Å². The minimum Gasteiger partial charge on any atom is -0.308 e. The van der Waals surface area contributed by atoms with Gasteiger partial charge in [-0.25, -0.2) is 5.84 Å². The van der Waals surface area contributed by atoms with Gasteiger partial charge in [0.05, 0.1) is 5.54 Å². The minimum atomic E-state index is -0.0595. The van der Waals surface area contributed by atoms with Crippen LogP contribution in [0.2, 0.25) is 0 Å². The lowest BCUT2D eigenvalue weighted by molar-refractivity contribution is 0.509. The van der Waals surface area contributed by atoms with Crippen LogP contribution in [0.1, 0.15) is 25.0 Å². The van der Waals surface area contributed by atoms with Crippen molar-refractivity contribution in [3.05, 3.63) is 35.4 Å². The standard InChI is InChI=1S/C11H15N3/c1-11(2)7-8-5-3-4-6-9(8)10(13-11)14-12/h3-6H,7,12H2,1-2H3,(H,13,14). The number of hydrogen-bond acceptors (Lipinski definition) is 3. The van der Waals surface area contributed by atoms with Crippen molar-refractivity contribution in [3.8, 4) is 0 Å². The Morgan fingerprint density at radius 1 is 1.36 bits per heavy atom. The molecule has 0 spiro atoms. The molecule has 0 saturated carbocycles. The van der Waals surface area contributed by atoms with Gasteiger partial charge in [0.1, 0.15) is 5.84 Å². The highest BCUT2D eigenvalue weighted by Crippen LogP contribution is 2.25. The molecule has 3 heteroatoms. The van der Waals surface area contributed by atoms with E-state index in [0.29, 0.717) is 0 Å². The van der Waals surface area contributed by atoms with Crippen molar-refractivity contribution in [3.63, 3.8) is 0 Å². The highest BCUT2D eigenvalue weighted by Gasteiger charge is 2.25. The molecular weight excluding hydrogens is 174 g/mol. The SMILES string of the molecule is CC1(C)Cc2ccccc2C(NN)=N1. The predicted octanol–water partition coefficient (Wildman–Crippen LogP) is 1.23. The van der Waals surface area contributed by atoms with Gasteiger partial charge < -0.3 is 5.43 Å². The molecule has 0 aromatic heterocycles. The van der Waals surface area contributed by atoms with Crippen molar-refractivity contribution in [2.24, 2.45) is 10.8 Å². The molecule has 1 aromatic rings. The van der Waals surface area contributed by atoms with E-state index in [4.69, 9.17) is 5.84 Å². The van der Waals surface area contributed by atoms with Gasteiger partial charge in [-0.1, -0.05) is 24.3 Å². The molecule has 3 N–H and O–H groups in total. The molecule has 74 valence electrons. The maximum Gasteiger partial charge on any atom is 0.143 e. The number of amidine groups is 1. The predicted molar refractivity (Wildman–Crippen MR) is 58.1 cm³/mol. The number of aliphatic imine (C=N–C) groups is 1. The van der Waals surface area contributed by atoms with Crippen LogP contribution in [0.15, 0.2) is 29.3 Å². The number of nitrogens with zero attached hydrogens (tertiary/aromatic N) is 1. The molecule has 2 rings (SSSR count). The molecule has 3 nitrogen and oxygen atoms in total. The van der Waals surface area contributed by atoms with E-state index >= 15 is 0 Å². The third kappa shape index (κ3) is 1.51. The molecule has 0 radical (unpaired) electrons. The fourth-order valence-corrected chi connectivity index (χ4v) is 1.88. The summed E-state index contributed by atoms with van der Waals surface area (Å²) in [5, 5.41) is 0. The van der Waals surface area contributed by atoms with E-state index in [1.165, 1.54) is 5.56 Å². The fourth-order valence-electron chi connectivity index (χ4n) is 1.88. The summed E-state index contributed by atoms with van der Waals surface area (Å²) in [6.07, 6.45) is 0.967. The van der Waals surface area contributed by atoms with E-state index in [9.17, 15) is 0 Å². The lowest BCUT2D eigenvalue weighted by Gasteiger charge is -2.28. The molecule has 1 aliphatic heterocycles. The maximum atomic E-state index is 5.46. The topological polar surface area (TPSA) is 50.4 Å². The maximum absolute atomic E-state index is 5.46. The summed E-state index contributed by atoms with van der Waals surface area (Å²) in [5.74, 6) is 6.25. The first-order valence-corrected chi connectivity index (χ1v) is 4.77. The van der Waals surface area contributed by atoms with E-state index in [-0.39, 0.29) is 5.54 Å². The third-order valence-corrected chi connectivity index (χ3v) is 2.45. The third-order valence-electron chi connectivity index (χ3n) is 2.45. The van der Waals surface area contributed by atoms with Crippen LogP contribution in [0.3, 0.4) is 0 Å². The second-order valence-corrected chi connectivity index (χ2v) is 4.25. The summed E-state index contributed by atoms with van der Waals surface area (Å²) < 4.78 is 0. The Kier molecular flexibility index (Phi) is 2.04. The second-order valence-electron chi connectivity index (χ2n) is 4.25. The summed E-state index contributed by atoms with van der Waals surface area (Å²) in [5.41, 5.74) is 5.03. The highest BCUT2D eigenvalue weighted by molar-refractivity contribution is 6.00. The van der Waals surface area contributed by atoms with Crippen molar-refractivity contribution < 1.29 is 0 Å². The monoisotopic (exact) mass is 189 g/mol. The van der Waals surface area contributed by atoms with E-state index in [2.05, 4.69) is 30.3 Å². The van der Waals surface area contributed by atoms with Crippen molar-refractivity contribution in [2.45, 2.75) is 25.8 Å². The van der Waals surface area contributed by atoms with E-state index in [1.54, 1.807) is 0 Å². The van der Waals surface area contributed by atoms with Crippen LogP contribution in [-0.4, -0.2) is 11.4 Å². The average molecular weight is 189 g/mol. The molecule has 1 heterocycles. The normalized spacial score (nSPS) is 18.4. The van der Waals surface area contributed by atoms with Crippen molar-refractivity contribution in [1.29, 1.82) is 0 Å². The molecule has 0 unspecified atom stereocenters. The Morgan fingerprint density at radius 3 is 2.79 bits per heavy atom. The lowest BCUT2D eigenvalue weighted by atomic mass is 9.89. The molecule has 0 amide bonds. The zero-order valence-corrected chi connectivity index (χ0v) is 8.54. The summed E-state index contributed by atoms with van der Waals surface area (Å²) in [6, 6.07) is 8.23. The number of rotatable bonds is 0. The minimum absolute atomic E-state index is 0.0595. The number of nitrogens with one attached hydrogen (secondary N) is 1. The van der Waals surface area contributed by atoms with Crippen LogP contribution in [0, 0.1) is 0 Å². The smallest absolute Gasteiger partial charge is 0.143 e. The quantitative estimate of drug-likeness (QED) is 0.476. The second kappa shape index (κ2) is 3.10. The van der Waals surface area contributed by atoms with Gasteiger partial charge in [0.15, 0.2) is 0 Å². The summed E-state index contributed by atoms with van der Waals surface area (Å²) in [7, 11) is 0. The first-order valence-electron chi connectivity index (χ1n) is 4.77. The van der Waals surface area contributed by atoms with Crippen molar-refractivity contribution in [2.75, 3.05) is 0 Å². The van der Waals surface area contributed by atoms with Crippen LogP contribution >= 0.6 is 0 Å². The van der Waals surface area contributed by atoms with Crippen LogP contribution in [0.4, 0.5) is 0 Å². The summed E-state index contributed by atoms with van der Waals surface area (Å²) in [4.78, 5) is 4.55. The first-order chi connectivity index (χ1) is 6.62. The fraction of sp³-hybridized carbons (Fsp3) is 0.364. The van der Waals surface area contributed by atoms with Gasteiger partial charge in [0.2, 0.25) is 0 Å². The van der Waals surface area contributed by atoms with Crippen molar-refractivity contribution >= 4 is 5.84 Å². The van der Waals surface area contributed by atoms with Gasteiger partial charge in [0, 0.05) is 5.56 Å². The molecule has 0 fully saturated rings. The van der Waals surface area contributed by atoms with Crippen LogP contribution < -0.4 is 11.3 Å². The van der Waals surface area contributed by atoms with Crippen molar-refractivity contribution in [1.82, 2.24) is 5.43 Å². The Balaban J connectivity index is 2.53. The number of benzene rings is 1. The Bertz CT molecular complexity index is 380. The molecule has 0 bridgehead atoms. The van der Waals surface area contributed by atoms with Gasteiger partial charge in [-0.15, -0.1) is 0 Å². The Hall–Kier alpha value is -1.35. The number of hydrazine groups is 1. The zero-order chi connectivity index (χ0) is 10.2. The lowest BCUT2D eigenvalue weighted by Crippen LogP contribution is -2.39. The summed E-state index contributed by atoms with van der Waals surface area (Å²) >= 11 is 0. The molecule has 0 saturated heterocycles. The van der Waals surface area contributed by atoms with Gasteiger partial charge in [-0.05, 0) is 25.8 Å². The average Bonchev–Trinajstić information content (AvgIpc) is 2.15. The molecule has 1 aromatic carbocycles. The molecule has 14 heavy (non-hydrogen) atoms. The summed E-state index contributed by atoms with van der Waals surface area (Å²) in [6.45, 7) is 4.22. The number of fused-ring (bicyclic) bond motifs is 1. The van der Waals surface area contributed by atoms with Gasteiger partial charge in [-0.3, -0.25) is 4.99 Å². The number of nitrogens with two attached hydrogens (primary N) is 1. The molecule has 0 atom stereocenters. The largest absolute Gasteiger partial charge is 0.308 e. The van der Waals surface area contributed by atoms with Crippen LogP contribution in [0.5, 0.6) is 0 Å². The van der Waals surface area contributed by atoms with E-state index in [1.807, 2.05) is 18.2 Å². The highest BCUT2D eigenvalue weighted by atomic mass is 15.3. The molecule has 0 aliphatic carbocycles. The Morgan fingerprint density at radius 2 is 2.07 bits per heavy atom.